The van der Waals surface area contributed by atoms with Gasteiger partial charge < -0.3 is 9.64 Å². The molecule has 1 aromatic carbocycles. The number of aryl methyl sites for hydroxylation is 1. The molecule has 0 radical (unpaired) electrons. The molecule has 2 aromatic rings. The topological polar surface area (TPSA) is 79.8 Å². The van der Waals surface area contributed by atoms with E-state index >= 15 is 0 Å². The molecule has 1 aliphatic heterocycles. The maximum absolute atomic E-state index is 13.5. The molecule has 8 heteroatoms. The minimum Gasteiger partial charge on any atom is -0.496 e. The number of hydrogen-bond acceptors (Lipinski definition) is 6. The molecule has 0 aliphatic carbocycles. The number of amides is 1. The van der Waals surface area contributed by atoms with E-state index in [0.29, 0.717) is 19.6 Å². The second-order valence-corrected chi connectivity index (χ2v) is 10.0. The average molecular weight is 432 g/mol. The quantitative estimate of drug-likeness (QED) is 0.697. The number of methoxy groups -OCH3 is 1. The highest BCUT2D eigenvalue weighted by atomic mass is 32.2. The first-order valence-corrected chi connectivity index (χ1v) is 11.8. The zero-order valence-corrected chi connectivity index (χ0v) is 18.8. The minimum atomic E-state index is -3.03. The number of likely N-dealkylation sites (N-methyl/N-ethyl adjacent to an activating group) is 1. The van der Waals surface area contributed by atoms with Crippen LogP contribution in [-0.2, 0) is 21.2 Å². The Bertz CT molecular complexity index is 995. The summed E-state index contributed by atoms with van der Waals surface area (Å²) < 4.78 is 29.2. The van der Waals surface area contributed by atoms with Gasteiger partial charge in [0, 0.05) is 37.5 Å². The van der Waals surface area contributed by atoms with Crippen LogP contribution >= 0.6 is 0 Å². The Morgan fingerprint density at radius 1 is 1.20 bits per heavy atom. The summed E-state index contributed by atoms with van der Waals surface area (Å²) in [7, 11) is 0.351. The summed E-state index contributed by atoms with van der Waals surface area (Å²) in [4.78, 5) is 21.6. The van der Waals surface area contributed by atoms with E-state index in [9.17, 15) is 13.2 Å². The molecule has 1 aromatic heterocycles. The SMILES string of the molecule is COc1c(C)cnc(CN(C)C(=O)C(c2ccccc2)N2CCS(=O)(=O)CC2)c1C. The van der Waals surface area contributed by atoms with Crippen molar-refractivity contribution in [2.75, 3.05) is 38.8 Å². The van der Waals surface area contributed by atoms with Gasteiger partial charge in [-0.1, -0.05) is 30.3 Å². The largest absolute Gasteiger partial charge is 0.496 e. The van der Waals surface area contributed by atoms with Crippen LogP contribution in [0.4, 0.5) is 0 Å². The van der Waals surface area contributed by atoms with Gasteiger partial charge in [0.2, 0.25) is 5.91 Å². The maximum Gasteiger partial charge on any atom is 0.244 e. The molecule has 0 bridgehead atoms. The Hall–Kier alpha value is -2.45. The highest BCUT2D eigenvalue weighted by Gasteiger charge is 2.34. The van der Waals surface area contributed by atoms with Gasteiger partial charge in [-0.05, 0) is 19.4 Å². The molecule has 1 aliphatic rings. The second-order valence-electron chi connectivity index (χ2n) is 7.74. The van der Waals surface area contributed by atoms with Crippen molar-refractivity contribution in [2.24, 2.45) is 0 Å². The zero-order chi connectivity index (χ0) is 21.9. The van der Waals surface area contributed by atoms with Gasteiger partial charge in [0.05, 0.1) is 30.9 Å². The van der Waals surface area contributed by atoms with Crippen LogP contribution in [0.15, 0.2) is 36.5 Å². The third-order valence-corrected chi connectivity index (χ3v) is 7.22. The van der Waals surface area contributed by atoms with Crippen LogP contribution in [0.2, 0.25) is 0 Å². The summed E-state index contributed by atoms with van der Waals surface area (Å²) in [5.41, 5.74) is 3.50. The summed E-state index contributed by atoms with van der Waals surface area (Å²) in [5, 5.41) is 0. The maximum atomic E-state index is 13.5. The van der Waals surface area contributed by atoms with Gasteiger partial charge in [0.25, 0.3) is 0 Å². The molecule has 1 unspecified atom stereocenters. The van der Waals surface area contributed by atoms with Crippen molar-refractivity contribution in [1.29, 1.82) is 0 Å². The molecule has 1 atom stereocenters. The van der Waals surface area contributed by atoms with Gasteiger partial charge in [-0.15, -0.1) is 0 Å². The van der Waals surface area contributed by atoms with Gasteiger partial charge >= 0.3 is 0 Å². The molecule has 0 spiro atoms. The van der Waals surface area contributed by atoms with Crippen molar-refractivity contribution in [2.45, 2.75) is 26.4 Å². The van der Waals surface area contributed by atoms with Crippen molar-refractivity contribution >= 4 is 15.7 Å². The minimum absolute atomic E-state index is 0.0726. The smallest absolute Gasteiger partial charge is 0.244 e. The molecule has 30 heavy (non-hydrogen) atoms. The van der Waals surface area contributed by atoms with Crippen LogP contribution in [0.5, 0.6) is 5.75 Å². The van der Waals surface area contributed by atoms with Crippen LogP contribution < -0.4 is 4.74 Å². The van der Waals surface area contributed by atoms with Crippen molar-refractivity contribution in [1.82, 2.24) is 14.8 Å². The number of aromatic nitrogens is 1. The second kappa shape index (κ2) is 9.14. The first kappa shape index (κ1) is 22.2. The van der Waals surface area contributed by atoms with Crippen LogP contribution in [0, 0.1) is 13.8 Å². The molecule has 7 nitrogen and oxygen atoms in total. The van der Waals surface area contributed by atoms with E-state index in [-0.39, 0.29) is 17.4 Å². The number of carbonyl (C=O) groups excluding carboxylic acids is 1. The number of rotatable bonds is 6. The molecule has 2 heterocycles. The molecule has 1 amide bonds. The first-order chi connectivity index (χ1) is 14.2. The van der Waals surface area contributed by atoms with Crippen LogP contribution in [0.3, 0.4) is 0 Å². The Labute approximate surface area is 178 Å². The van der Waals surface area contributed by atoms with E-state index in [1.54, 1.807) is 25.3 Å². The fourth-order valence-electron chi connectivity index (χ4n) is 3.87. The van der Waals surface area contributed by atoms with Gasteiger partial charge in [0.1, 0.15) is 11.8 Å². The molecule has 162 valence electrons. The van der Waals surface area contributed by atoms with Gasteiger partial charge in [-0.3, -0.25) is 14.7 Å². The molecule has 1 saturated heterocycles. The lowest BCUT2D eigenvalue weighted by molar-refractivity contribution is -0.136. The third-order valence-electron chi connectivity index (χ3n) is 5.61. The number of benzene rings is 1. The number of nitrogens with zero attached hydrogens (tertiary/aromatic N) is 3. The fourth-order valence-corrected chi connectivity index (χ4v) is 5.10. The molecule has 3 rings (SSSR count). The third kappa shape index (κ3) is 4.82. The van der Waals surface area contributed by atoms with E-state index in [1.165, 1.54) is 0 Å². The van der Waals surface area contributed by atoms with E-state index in [0.717, 1.165) is 28.1 Å². The number of ether oxygens (including phenoxy) is 1. The predicted octanol–water partition coefficient (Wildman–Crippen LogP) is 2.14. The normalized spacial score (nSPS) is 17.3. The number of sulfone groups is 1. The average Bonchev–Trinajstić information content (AvgIpc) is 2.72. The molecule has 0 N–H and O–H groups in total. The lowest BCUT2D eigenvalue weighted by Crippen LogP contribution is -2.47. The van der Waals surface area contributed by atoms with Gasteiger partial charge in [-0.25, -0.2) is 8.42 Å². The van der Waals surface area contributed by atoms with Gasteiger partial charge in [0.15, 0.2) is 9.84 Å². The lowest BCUT2D eigenvalue weighted by Gasteiger charge is -2.36. The standard InChI is InChI=1S/C22H29N3O4S/c1-16-14-23-19(17(2)21(16)29-4)15-24(3)22(26)20(18-8-6-5-7-9-18)25-10-12-30(27,28)13-11-25/h5-9,14,20H,10-13,15H2,1-4H3. The van der Waals surface area contributed by atoms with Crippen molar-refractivity contribution in [3.05, 3.63) is 58.9 Å². The Morgan fingerprint density at radius 3 is 2.43 bits per heavy atom. The summed E-state index contributed by atoms with van der Waals surface area (Å²) >= 11 is 0. The van der Waals surface area contributed by atoms with E-state index in [2.05, 4.69) is 4.98 Å². The Morgan fingerprint density at radius 2 is 1.83 bits per heavy atom. The molecular weight excluding hydrogens is 402 g/mol. The molecular formula is C22H29N3O4S. The van der Waals surface area contributed by atoms with Crippen molar-refractivity contribution in [3.8, 4) is 5.75 Å². The summed E-state index contributed by atoms with van der Waals surface area (Å²) in [6, 6.07) is 9.00. The Balaban J connectivity index is 1.86. The molecule has 1 fully saturated rings. The van der Waals surface area contributed by atoms with E-state index in [1.807, 2.05) is 49.1 Å². The fraction of sp³-hybridized carbons (Fsp3) is 0.455. The summed E-state index contributed by atoms with van der Waals surface area (Å²) in [5.74, 6) is 0.842. The van der Waals surface area contributed by atoms with Crippen LogP contribution in [0.1, 0.15) is 28.4 Å². The first-order valence-electron chi connectivity index (χ1n) is 9.97. The van der Waals surface area contributed by atoms with E-state index in [4.69, 9.17) is 4.74 Å². The monoisotopic (exact) mass is 431 g/mol. The highest BCUT2D eigenvalue weighted by Crippen LogP contribution is 2.28. The van der Waals surface area contributed by atoms with Crippen LogP contribution in [-0.4, -0.2) is 67.9 Å². The van der Waals surface area contributed by atoms with Crippen LogP contribution in [0.25, 0.3) is 0 Å². The van der Waals surface area contributed by atoms with Crippen molar-refractivity contribution < 1.29 is 17.9 Å². The highest BCUT2D eigenvalue weighted by molar-refractivity contribution is 7.91. The number of pyridine rings is 1. The number of carbonyl (C=O) groups is 1. The molecule has 0 saturated carbocycles. The van der Waals surface area contributed by atoms with E-state index < -0.39 is 15.9 Å². The van der Waals surface area contributed by atoms with Gasteiger partial charge in [-0.2, -0.15) is 0 Å². The van der Waals surface area contributed by atoms with Crippen molar-refractivity contribution in [3.63, 3.8) is 0 Å². The summed E-state index contributed by atoms with van der Waals surface area (Å²) in [6.07, 6.45) is 1.75. The summed E-state index contributed by atoms with van der Waals surface area (Å²) in [6.45, 7) is 4.91. The zero-order valence-electron chi connectivity index (χ0n) is 18.0. The lowest BCUT2D eigenvalue weighted by atomic mass is 10.0. The Kier molecular flexibility index (Phi) is 6.77. The number of hydrogen-bond donors (Lipinski definition) is 0. The predicted molar refractivity (Wildman–Crippen MR) is 116 cm³/mol.